The van der Waals surface area contributed by atoms with Crippen LogP contribution in [0.2, 0.25) is 0 Å². The standard InChI is InChI=1S/C18H19N5O5/c1-22(18(26)14-9-20-23-16(25)4-5-19-17(14)23)10-15(24)21-11-6-12(27-2)8-13(7-11)28-3/h4-9,20H,10H2,1-3H3,(H,21,24). The van der Waals surface area contributed by atoms with Gasteiger partial charge in [-0.05, 0) is 0 Å². The van der Waals surface area contributed by atoms with E-state index in [0.29, 0.717) is 17.2 Å². The molecule has 0 saturated heterocycles. The van der Waals surface area contributed by atoms with Gasteiger partial charge in [-0.2, -0.15) is 0 Å². The highest BCUT2D eigenvalue weighted by Crippen LogP contribution is 2.25. The second kappa shape index (κ2) is 7.82. The summed E-state index contributed by atoms with van der Waals surface area (Å²) in [5.41, 5.74) is 0.525. The highest BCUT2D eigenvalue weighted by atomic mass is 16.5. The van der Waals surface area contributed by atoms with Crippen LogP contribution in [0, 0.1) is 0 Å². The van der Waals surface area contributed by atoms with E-state index in [1.807, 2.05) is 0 Å². The number of carbonyl (C=O) groups is 2. The SMILES string of the molecule is COc1cc(NC(=O)CN(C)C(=O)c2c[nH]n3c(=O)ccnc23)cc(OC)c1. The Kier molecular flexibility index (Phi) is 5.30. The van der Waals surface area contributed by atoms with Crippen molar-refractivity contribution in [2.45, 2.75) is 0 Å². The second-order valence-corrected chi connectivity index (χ2v) is 5.94. The average Bonchev–Trinajstić information content (AvgIpc) is 3.12. The summed E-state index contributed by atoms with van der Waals surface area (Å²) in [5, 5.41) is 5.37. The predicted octanol–water partition coefficient (Wildman–Crippen LogP) is 0.750. The number of anilines is 1. The first-order valence-electron chi connectivity index (χ1n) is 8.26. The maximum atomic E-state index is 12.7. The lowest BCUT2D eigenvalue weighted by molar-refractivity contribution is -0.116. The molecule has 0 unspecified atom stereocenters. The highest BCUT2D eigenvalue weighted by Gasteiger charge is 2.20. The Hall–Kier alpha value is -3.82. The molecule has 3 rings (SSSR count). The van der Waals surface area contributed by atoms with Crippen molar-refractivity contribution in [1.82, 2.24) is 19.5 Å². The molecule has 0 aliphatic rings. The van der Waals surface area contributed by atoms with Gasteiger partial charge in [-0.15, -0.1) is 0 Å². The van der Waals surface area contributed by atoms with Crippen molar-refractivity contribution in [3.63, 3.8) is 0 Å². The molecule has 2 amide bonds. The van der Waals surface area contributed by atoms with E-state index in [4.69, 9.17) is 9.47 Å². The maximum absolute atomic E-state index is 12.7. The van der Waals surface area contributed by atoms with Gasteiger partial charge >= 0.3 is 0 Å². The van der Waals surface area contributed by atoms with Gasteiger partial charge in [0.15, 0.2) is 5.65 Å². The zero-order valence-corrected chi connectivity index (χ0v) is 15.6. The number of nitrogens with zero attached hydrogens (tertiary/aromatic N) is 3. The summed E-state index contributed by atoms with van der Waals surface area (Å²) in [4.78, 5) is 42.0. The number of carbonyl (C=O) groups excluding carboxylic acids is 2. The van der Waals surface area contributed by atoms with E-state index in [1.165, 1.54) is 44.6 Å². The van der Waals surface area contributed by atoms with Crippen LogP contribution in [0.4, 0.5) is 5.69 Å². The summed E-state index contributed by atoms with van der Waals surface area (Å²) in [6.07, 6.45) is 2.71. The average molecular weight is 385 g/mol. The lowest BCUT2D eigenvalue weighted by atomic mass is 10.2. The molecular formula is C18H19N5O5. The minimum atomic E-state index is -0.449. The van der Waals surface area contributed by atoms with E-state index in [2.05, 4.69) is 15.4 Å². The van der Waals surface area contributed by atoms with Gasteiger partial charge in [0, 0.05) is 49.4 Å². The van der Waals surface area contributed by atoms with Gasteiger partial charge < -0.3 is 19.7 Å². The lowest BCUT2D eigenvalue weighted by Crippen LogP contribution is -2.35. The van der Waals surface area contributed by atoms with Gasteiger partial charge in [-0.25, -0.2) is 9.50 Å². The summed E-state index contributed by atoms with van der Waals surface area (Å²) in [5.74, 6) is 0.190. The number of likely N-dealkylation sites (N-methyl/N-ethyl adjacent to an activating group) is 1. The molecule has 2 heterocycles. The molecule has 28 heavy (non-hydrogen) atoms. The second-order valence-electron chi connectivity index (χ2n) is 5.94. The number of nitrogens with one attached hydrogen (secondary N) is 2. The van der Waals surface area contributed by atoms with Crippen LogP contribution in [0.3, 0.4) is 0 Å². The smallest absolute Gasteiger partial charge is 0.272 e. The van der Waals surface area contributed by atoms with Crippen molar-refractivity contribution in [2.75, 3.05) is 33.1 Å². The normalized spacial score (nSPS) is 10.5. The van der Waals surface area contributed by atoms with Crippen molar-refractivity contribution in [1.29, 1.82) is 0 Å². The molecule has 1 aromatic carbocycles. The summed E-state index contributed by atoms with van der Waals surface area (Å²) in [7, 11) is 4.50. The van der Waals surface area contributed by atoms with E-state index in [-0.39, 0.29) is 23.3 Å². The number of H-pyrrole nitrogens is 1. The van der Waals surface area contributed by atoms with E-state index in [0.717, 1.165) is 4.52 Å². The number of fused-ring (bicyclic) bond motifs is 1. The first-order valence-corrected chi connectivity index (χ1v) is 8.26. The van der Waals surface area contributed by atoms with Crippen LogP contribution in [0.5, 0.6) is 11.5 Å². The number of aromatic nitrogens is 3. The van der Waals surface area contributed by atoms with Gasteiger partial charge in [-0.3, -0.25) is 19.5 Å². The third kappa shape index (κ3) is 3.80. The highest BCUT2D eigenvalue weighted by molar-refractivity contribution is 6.02. The number of hydrogen-bond acceptors (Lipinski definition) is 6. The van der Waals surface area contributed by atoms with Crippen LogP contribution >= 0.6 is 0 Å². The van der Waals surface area contributed by atoms with E-state index in [1.54, 1.807) is 18.2 Å². The number of methoxy groups -OCH3 is 2. The van der Waals surface area contributed by atoms with Crippen molar-refractivity contribution in [3.05, 3.63) is 52.6 Å². The number of rotatable bonds is 6. The Balaban J connectivity index is 1.72. The molecule has 0 radical (unpaired) electrons. The summed E-state index contributed by atoms with van der Waals surface area (Å²) in [6, 6.07) is 6.23. The van der Waals surface area contributed by atoms with Gasteiger partial charge in [0.2, 0.25) is 5.91 Å². The third-order valence-corrected chi connectivity index (χ3v) is 4.02. The van der Waals surface area contributed by atoms with E-state index >= 15 is 0 Å². The molecule has 0 fully saturated rings. The van der Waals surface area contributed by atoms with Crippen LogP contribution in [0.25, 0.3) is 5.65 Å². The number of benzene rings is 1. The van der Waals surface area contributed by atoms with Gasteiger partial charge in [-0.1, -0.05) is 0 Å². The van der Waals surface area contributed by atoms with Gasteiger partial charge in [0.1, 0.15) is 17.1 Å². The molecule has 0 saturated carbocycles. The Bertz CT molecular complexity index is 1070. The lowest BCUT2D eigenvalue weighted by Gasteiger charge is -2.16. The first kappa shape index (κ1) is 19.0. The Labute approximate surface area is 159 Å². The molecular weight excluding hydrogens is 366 g/mol. The van der Waals surface area contributed by atoms with Crippen LogP contribution < -0.4 is 20.3 Å². The number of amides is 2. The Morgan fingerprint density at radius 1 is 1.21 bits per heavy atom. The van der Waals surface area contributed by atoms with Gasteiger partial charge in [0.05, 0.1) is 20.8 Å². The molecule has 2 N–H and O–H groups in total. The number of hydrogen-bond donors (Lipinski definition) is 2. The predicted molar refractivity (Wildman–Crippen MR) is 101 cm³/mol. The van der Waals surface area contributed by atoms with Crippen molar-refractivity contribution in [2.24, 2.45) is 0 Å². The third-order valence-electron chi connectivity index (χ3n) is 4.02. The zero-order chi connectivity index (χ0) is 20.3. The molecule has 0 bridgehead atoms. The molecule has 0 aliphatic carbocycles. The molecule has 2 aromatic heterocycles. The fourth-order valence-corrected chi connectivity index (χ4v) is 2.65. The van der Waals surface area contributed by atoms with Crippen LogP contribution in [0.1, 0.15) is 10.4 Å². The number of aromatic amines is 1. The van der Waals surface area contributed by atoms with Crippen LogP contribution in [0.15, 0.2) is 41.5 Å². The largest absolute Gasteiger partial charge is 0.497 e. The molecule has 0 atom stereocenters. The molecule has 0 spiro atoms. The van der Waals surface area contributed by atoms with E-state index < -0.39 is 11.8 Å². The molecule has 3 aromatic rings. The van der Waals surface area contributed by atoms with Crippen molar-refractivity contribution < 1.29 is 19.1 Å². The van der Waals surface area contributed by atoms with Crippen LogP contribution in [-0.4, -0.2) is 59.1 Å². The molecule has 10 nitrogen and oxygen atoms in total. The fraction of sp³-hybridized carbons (Fsp3) is 0.222. The van der Waals surface area contributed by atoms with Crippen LogP contribution in [-0.2, 0) is 4.79 Å². The van der Waals surface area contributed by atoms with Crippen molar-refractivity contribution in [3.8, 4) is 11.5 Å². The topological polar surface area (TPSA) is 118 Å². The Morgan fingerprint density at radius 3 is 2.54 bits per heavy atom. The summed E-state index contributed by atoms with van der Waals surface area (Å²) in [6.45, 7) is -0.202. The van der Waals surface area contributed by atoms with Crippen molar-refractivity contribution >= 4 is 23.1 Å². The molecule has 10 heteroatoms. The van der Waals surface area contributed by atoms with E-state index in [9.17, 15) is 14.4 Å². The maximum Gasteiger partial charge on any atom is 0.272 e. The minimum Gasteiger partial charge on any atom is -0.497 e. The zero-order valence-electron chi connectivity index (χ0n) is 15.6. The quantitative estimate of drug-likeness (QED) is 0.647. The monoisotopic (exact) mass is 385 g/mol. The fourth-order valence-electron chi connectivity index (χ4n) is 2.65. The molecule has 146 valence electrons. The summed E-state index contributed by atoms with van der Waals surface area (Å²) < 4.78 is 11.5. The van der Waals surface area contributed by atoms with Gasteiger partial charge in [0.25, 0.3) is 11.5 Å². The summed E-state index contributed by atoms with van der Waals surface area (Å²) >= 11 is 0. The first-order chi connectivity index (χ1) is 13.4. The molecule has 0 aliphatic heterocycles. The number of ether oxygens (including phenoxy) is 2. The Morgan fingerprint density at radius 2 is 1.89 bits per heavy atom. The minimum absolute atomic E-state index is 0.191.